The minimum absolute atomic E-state index is 0.0734. The van der Waals surface area contributed by atoms with Gasteiger partial charge in [0.05, 0.1) is 0 Å². The van der Waals surface area contributed by atoms with Crippen LogP contribution in [0.15, 0.2) is 18.2 Å². The van der Waals surface area contributed by atoms with Crippen LogP contribution in [0.1, 0.15) is 44.0 Å². The highest BCUT2D eigenvalue weighted by atomic mass is 16.2. The van der Waals surface area contributed by atoms with Gasteiger partial charge in [-0.15, -0.1) is 0 Å². The van der Waals surface area contributed by atoms with Crippen LogP contribution in [0.5, 0.6) is 0 Å². The predicted octanol–water partition coefficient (Wildman–Crippen LogP) is 2.48. The third-order valence-electron chi connectivity index (χ3n) is 3.89. The summed E-state index contributed by atoms with van der Waals surface area (Å²) in [7, 11) is 0. The summed E-state index contributed by atoms with van der Waals surface area (Å²) in [6, 6.07) is 4.93. The molecule has 0 aromatic heterocycles. The molecule has 1 heterocycles. The molecule has 1 fully saturated rings. The number of hydrogen-bond donors (Lipinski definition) is 2. The number of carbonyl (C=O) groups excluding carboxylic acids is 3. The zero-order valence-corrected chi connectivity index (χ0v) is 13.8. The molecular weight excluding hydrogens is 294 g/mol. The van der Waals surface area contributed by atoms with Crippen molar-refractivity contribution in [3.05, 3.63) is 23.8 Å². The standard InChI is InChI=1S/C17H23N3O3/c1-11-4-6-20(7-5-11)17(23)14-8-15(18-12(2)21)10-16(9-14)19-13(3)22/h8-11H,4-7H2,1-3H3,(H,18,21)(H,19,22). The van der Waals surface area contributed by atoms with Crippen LogP contribution in [-0.2, 0) is 9.59 Å². The lowest BCUT2D eigenvalue weighted by atomic mass is 9.98. The Balaban J connectivity index is 2.26. The Morgan fingerprint density at radius 3 is 1.87 bits per heavy atom. The maximum Gasteiger partial charge on any atom is 0.254 e. The molecule has 1 saturated heterocycles. The van der Waals surface area contributed by atoms with Crippen molar-refractivity contribution < 1.29 is 14.4 Å². The van der Waals surface area contributed by atoms with Crippen molar-refractivity contribution in [2.45, 2.75) is 33.6 Å². The van der Waals surface area contributed by atoms with Crippen LogP contribution in [0.25, 0.3) is 0 Å². The number of likely N-dealkylation sites (tertiary alicyclic amines) is 1. The van der Waals surface area contributed by atoms with Crippen molar-refractivity contribution in [3.63, 3.8) is 0 Å². The van der Waals surface area contributed by atoms with Gasteiger partial charge >= 0.3 is 0 Å². The quantitative estimate of drug-likeness (QED) is 0.899. The number of benzene rings is 1. The molecular formula is C17H23N3O3. The van der Waals surface area contributed by atoms with Gasteiger partial charge in [0.15, 0.2) is 0 Å². The monoisotopic (exact) mass is 317 g/mol. The van der Waals surface area contributed by atoms with E-state index >= 15 is 0 Å². The SMILES string of the molecule is CC(=O)Nc1cc(NC(C)=O)cc(C(=O)N2CCC(C)CC2)c1. The Hall–Kier alpha value is -2.37. The minimum Gasteiger partial charge on any atom is -0.339 e. The molecule has 0 saturated carbocycles. The maximum absolute atomic E-state index is 12.7. The Morgan fingerprint density at radius 2 is 1.43 bits per heavy atom. The Labute approximate surface area is 136 Å². The Bertz CT molecular complexity index is 585. The minimum atomic E-state index is -0.227. The average molecular weight is 317 g/mol. The second-order valence-corrected chi connectivity index (χ2v) is 6.14. The third-order valence-corrected chi connectivity index (χ3v) is 3.89. The molecule has 2 N–H and O–H groups in total. The number of carbonyl (C=O) groups is 3. The smallest absolute Gasteiger partial charge is 0.254 e. The molecule has 23 heavy (non-hydrogen) atoms. The number of anilines is 2. The summed E-state index contributed by atoms with van der Waals surface area (Å²) in [4.78, 5) is 37.1. The summed E-state index contributed by atoms with van der Waals surface area (Å²) in [5.41, 5.74) is 1.46. The van der Waals surface area contributed by atoms with Gasteiger partial charge in [0.1, 0.15) is 0 Å². The lowest BCUT2D eigenvalue weighted by Gasteiger charge is -2.30. The fraction of sp³-hybridized carbons (Fsp3) is 0.471. The Kier molecular flexibility index (Phi) is 5.36. The van der Waals surface area contributed by atoms with Crippen molar-refractivity contribution in [3.8, 4) is 0 Å². The second kappa shape index (κ2) is 7.26. The van der Waals surface area contributed by atoms with Gasteiger partial charge in [-0.1, -0.05) is 6.92 Å². The first-order chi connectivity index (χ1) is 10.8. The van der Waals surface area contributed by atoms with E-state index < -0.39 is 0 Å². The summed E-state index contributed by atoms with van der Waals surface area (Å²) in [6.45, 7) is 6.46. The molecule has 1 aliphatic rings. The summed E-state index contributed by atoms with van der Waals surface area (Å²) >= 11 is 0. The van der Waals surface area contributed by atoms with Crippen molar-refractivity contribution in [1.29, 1.82) is 0 Å². The number of hydrogen-bond acceptors (Lipinski definition) is 3. The van der Waals surface area contributed by atoms with Gasteiger partial charge < -0.3 is 15.5 Å². The van der Waals surface area contributed by atoms with Crippen LogP contribution in [0.3, 0.4) is 0 Å². The van der Waals surface area contributed by atoms with Gasteiger partial charge in [0.25, 0.3) is 5.91 Å². The first-order valence-electron chi connectivity index (χ1n) is 7.84. The highest BCUT2D eigenvalue weighted by Gasteiger charge is 2.22. The van der Waals surface area contributed by atoms with E-state index in [2.05, 4.69) is 17.6 Å². The van der Waals surface area contributed by atoms with Crippen LogP contribution in [0, 0.1) is 5.92 Å². The maximum atomic E-state index is 12.7. The van der Waals surface area contributed by atoms with E-state index in [9.17, 15) is 14.4 Å². The van der Waals surface area contributed by atoms with Crippen molar-refractivity contribution >= 4 is 29.1 Å². The molecule has 6 nitrogen and oxygen atoms in total. The molecule has 6 heteroatoms. The predicted molar refractivity (Wildman–Crippen MR) is 89.4 cm³/mol. The van der Waals surface area contributed by atoms with Crippen molar-refractivity contribution in [2.75, 3.05) is 23.7 Å². The largest absolute Gasteiger partial charge is 0.339 e. The van der Waals surface area contributed by atoms with Crippen molar-refractivity contribution in [2.24, 2.45) is 5.92 Å². The fourth-order valence-corrected chi connectivity index (χ4v) is 2.70. The van der Waals surface area contributed by atoms with Gasteiger partial charge in [0.2, 0.25) is 11.8 Å². The molecule has 124 valence electrons. The first-order valence-corrected chi connectivity index (χ1v) is 7.84. The average Bonchev–Trinajstić information content (AvgIpc) is 2.45. The highest BCUT2D eigenvalue weighted by Crippen LogP contribution is 2.23. The number of rotatable bonds is 3. The summed E-state index contributed by atoms with van der Waals surface area (Å²) < 4.78 is 0. The van der Waals surface area contributed by atoms with E-state index in [0.29, 0.717) is 22.9 Å². The number of amides is 3. The number of piperidine rings is 1. The van der Waals surface area contributed by atoms with E-state index in [0.717, 1.165) is 25.9 Å². The molecule has 0 atom stereocenters. The van der Waals surface area contributed by atoms with Crippen molar-refractivity contribution in [1.82, 2.24) is 4.90 Å². The van der Waals surface area contributed by atoms with E-state index in [-0.39, 0.29) is 17.7 Å². The summed E-state index contributed by atoms with van der Waals surface area (Å²) in [6.07, 6.45) is 1.99. The highest BCUT2D eigenvalue weighted by molar-refractivity contribution is 6.00. The van der Waals surface area contributed by atoms with Crippen LogP contribution in [-0.4, -0.2) is 35.7 Å². The molecule has 0 aliphatic carbocycles. The fourth-order valence-electron chi connectivity index (χ4n) is 2.70. The zero-order chi connectivity index (χ0) is 17.0. The normalized spacial score (nSPS) is 15.2. The van der Waals surface area contributed by atoms with Gasteiger partial charge in [-0.2, -0.15) is 0 Å². The first kappa shape index (κ1) is 17.0. The summed E-state index contributed by atoms with van der Waals surface area (Å²) in [5, 5.41) is 5.33. The van der Waals surface area contributed by atoms with E-state index in [1.165, 1.54) is 13.8 Å². The number of nitrogens with one attached hydrogen (secondary N) is 2. The summed E-state index contributed by atoms with van der Waals surface area (Å²) in [5.74, 6) is 0.112. The van der Waals surface area contributed by atoms with Crippen LogP contribution >= 0.6 is 0 Å². The van der Waals surface area contributed by atoms with Gasteiger partial charge in [0, 0.05) is 43.9 Å². The molecule has 1 aliphatic heterocycles. The molecule has 0 spiro atoms. The lowest BCUT2D eigenvalue weighted by molar-refractivity contribution is -0.115. The van der Waals surface area contributed by atoms with Gasteiger partial charge in [-0.3, -0.25) is 14.4 Å². The molecule has 3 amide bonds. The zero-order valence-electron chi connectivity index (χ0n) is 13.8. The molecule has 1 aromatic carbocycles. The van der Waals surface area contributed by atoms with Crippen LogP contribution in [0.2, 0.25) is 0 Å². The molecule has 0 bridgehead atoms. The number of nitrogens with zero attached hydrogens (tertiary/aromatic N) is 1. The third kappa shape index (κ3) is 4.81. The second-order valence-electron chi connectivity index (χ2n) is 6.14. The topological polar surface area (TPSA) is 78.5 Å². The molecule has 0 radical (unpaired) electrons. The van der Waals surface area contributed by atoms with Gasteiger partial charge in [-0.25, -0.2) is 0 Å². The Morgan fingerprint density at radius 1 is 0.957 bits per heavy atom. The molecule has 2 rings (SSSR count). The molecule has 0 unspecified atom stereocenters. The van der Waals surface area contributed by atoms with Crippen LogP contribution in [0.4, 0.5) is 11.4 Å². The van der Waals surface area contributed by atoms with Crippen LogP contribution < -0.4 is 10.6 Å². The van der Waals surface area contributed by atoms with E-state index in [1.54, 1.807) is 18.2 Å². The van der Waals surface area contributed by atoms with Gasteiger partial charge in [-0.05, 0) is 37.0 Å². The van der Waals surface area contributed by atoms with E-state index in [1.807, 2.05) is 4.90 Å². The lowest BCUT2D eigenvalue weighted by Crippen LogP contribution is -2.38. The van der Waals surface area contributed by atoms with E-state index in [4.69, 9.17) is 0 Å². The molecule has 1 aromatic rings.